The highest BCUT2D eigenvalue weighted by Crippen LogP contribution is 2.45. The maximum absolute atomic E-state index is 11.6. The summed E-state index contributed by atoms with van der Waals surface area (Å²) in [6, 6.07) is 3.08. The summed E-state index contributed by atoms with van der Waals surface area (Å²) >= 11 is 2.75. The maximum Gasteiger partial charge on any atom is 0.334 e. The van der Waals surface area contributed by atoms with Gasteiger partial charge in [0.05, 0.1) is 10.8 Å². The van der Waals surface area contributed by atoms with E-state index in [1.807, 2.05) is 12.1 Å². The number of hydrogen-bond donors (Lipinski definition) is 2. The van der Waals surface area contributed by atoms with Gasteiger partial charge in [-0.15, -0.1) is 11.8 Å². The van der Waals surface area contributed by atoms with Gasteiger partial charge in [0.1, 0.15) is 11.4 Å². The summed E-state index contributed by atoms with van der Waals surface area (Å²) in [6.45, 7) is 4.01. The van der Waals surface area contributed by atoms with Crippen LogP contribution in [0.15, 0.2) is 52.7 Å². The van der Waals surface area contributed by atoms with Gasteiger partial charge in [-0.3, -0.25) is 9.78 Å². The van der Waals surface area contributed by atoms with Crippen molar-refractivity contribution >= 4 is 35.4 Å². The number of aromatic nitrogens is 1. The van der Waals surface area contributed by atoms with Crippen LogP contribution in [-0.4, -0.2) is 43.5 Å². The molecule has 0 aliphatic carbocycles. The number of nitrogens with two attached hydrogens (primary N) is 1. The van der Waals surface area contributed by atoms with E-state index in [9.17, 15) is 14.7 Å². The number of carbonyl (C=O) groups excluding carboxylic acids is 1. The molecule has 0 spiro atoms. The average molecular weight is 335 g/mol. The van der Waals surface area contributed by atoms with Crippen LogP contribution in [0, 0.1) is 0 Å². The molecule has 3 rings (SSSR count). The highest BCUT2D eigenvalue weighted by Gasteiger charge is 2.50. The van der Waals surface area contributed by atoms with Gasteiger partial charge in [-0.2, -0.15) is 0 Å². The number of aliphatic carboxylic acids is 1. The van der Waals surface area contributed by atoms with Crippen LogP contribution in [0.2, 0.25) is 0 Å². The Labute approximate surface area is 135 Å². The van der Waals surface area contributed by atoms with E-state index >= 15 is 0 Å². The molecular formula is C14H13N3O3S2. The molecule has 6 nitrogen and oxygen atoms in total. The van der Waals surface area contributed by atoms with E-state index in [-0.39, 0.29) is 16.9 Å². The van der Waals surface area contributed by atoms with Crippen molar-refractivity contribution in [2.75, 3.05) is 0 Å². The predicted molar refractivity (Wildman–Crippen MR) is 84.9 cm³/mol. The fourth-order valence-corrected chi connectivity index (χ4v) is 4.68. The molecule has 0 bridgehead atoms. The minimum absolute atomic E-state index is 0.146. The third-order valence-electron chi connectivity index (χ3n) is 3.40. The first kappa shape index (κ1) is 15.1. The van der Waals surface area contributed by atoms with Gasteiger partial charge in [-0.05, 0) is 12.1 Å². The molecule has 1 aromatic rings. The molecule has 22 heavy (non-hydrogen) atoms. The Morgan fingerprint density at radius 1 is 1.45 bits per heavy atom. The molecule has 8 heteroatoms. The number of carboxylic acids is 1. The molecule has 0 radical (unpaired) electrons. The van der Waals surface area contributed by atoms with Crippen LogP contribution in [0.4, 0.5) is 0 Å². The molecule has 3 heterocycles. The molecular weight excluding hydrogens is 322 g/mol. The third kappa shape index (κ3) is 2.53. The first-order chi connectivity index (χ1) is 10.5. The number of carboxylic acid groups (broad SMARTS) is 1. The van der Waals surface area contributed by atoms with Crippen LogP contribution in [0.3, 0.4) is 0 Å². The van der Waals surface area contributed by atoms with Crippen molar-refractivity contribution in [1.82, 2.24) is 9.88 Å². The average Bonchev–Trinajstić information content (AvgIpc) is 2.53. The van der Waals surface area contributed by atoms with Crippen LogP contribution < -0.4 is 5.73 Å². The van der Waals surface area contributed by atoms with Crippen LogP contribution in [0.25, 0.3) is 0 Å². The molecule has 2 unspecified atom stereocenters. The third-order valence-corrected chi connectivity index (χ3v) is 6.16. The van der Waals surface area contributed by atoms with E-state index in [0.717, 1.165) is 4.90 Å². The van der Waals surface area contributed by atoms with Crippen molar-refractivity contribution in [3.8, 4) is 0 Å². The number of rotatable bonds is 4. The van der Waals surface area contributed by atoms with E-state index in [1.165, 1.54) is 34.6 Å². The molecule has 0 aromatic carbocycles. The Kier molecular flexibility index (Phi) is 3.98. The number of nitrogens with zero attached hydrogens (tertiary/aromatic N) is 2. The normalized spacial score (nSPS) is 26.8. The lowest BCUT2D eigenvalue weighted by atomic mass is 10.1. The lowest BCUT2D eigenvalue weighted by Crippen LogP contribution is -2.66. The summed E-state index contributed by atoms with van der Waals surface area (Å²) in [5, 5.41) is 8.75. The van der Waals surface area contributed by atoms with Crippen LogP contribution in [-0.2, 0) is 9.59 Å². The second-order valence-corrected chi connectivity index (χ2v) is 7.25. The number of carbonyl (C=O) groups is 2. The van der Waals surface area contributed by atoms with E-state index in [2.05, 4.69) is 11.6 Å². The van der Waals surface area contributed by atoms with Crippen molar-refractivity contribution in [1.29, 1.82) is 0 Å². The summed E-state index contributed by atoms with van der Waals surface area (Å²) in [5.41, 5.74) is 5.93. The van der Waals surface area contributed by atoms with Gasteiger partial charge < -0.3 is 15.7 Å². The van der Waals surface area contributed by atoms with Gasteiger partial charge in [0.2, 0.25) is 5.91 Å². The van der Waals surface area contributed by atoms with Gasteiger partial charge in [-0.25, -0.2) is 4.79 Å². The maximum atomic E-state index is 11.6. The molecule has 2 aliphatic rings. The number of fused-ring (bicyclic) bond motifs is 1. The Balaban J connectivity index is 1.83. The highest BCUT2D eigenvalue weighted by molar-refractivity contribution is 8.06. The Morgan fingerprint density at radius 3 is 2.77 bits per heavy atom. The smallest absolute Gasteiger partial charge is 0.334 e. The van der Waals surface area contributed by atoms with Gasteiger partial charge in [0.25, 0.3) is 0 Å². The molecule has 0 saturated carbocycles. The minimum atomic E-state index is -1.05. The quantitative estimate of drug-likeness (QED) is 0.632. The SMILES string of the molecule is C=C(Sc1ccncc1)C1S[C@@H]2C(N)C(=O)N2C=C1C(=O)O. The van der Waals surface area contributed by atoms with Crippen molar-refractivity contribution in [3.63, 3.8) is 0 Å². The molecule has 1 fully saturated rings. The monoisotopic (exact) mass is 335 g/mol. The fraction of sp³-hybridized carbons (Fsp3) is 0.214. The molecule has 1 aromatic heterocycles. The molecule has 3 N–H and O–H groups in total. The van der Waals surface area contributed by atoms with Crippen molar-refractivity contribution in [2.45, 2.75) is 21.6 Å². The second kappa shape index (κ2) is 5.79. The van der Waals surface area contributed by atoms with Crippen LogP contribution in [0.1, 0.15) is 0 Å². The van der Waals surface area contributed by atoms with Gasteiger partial charge in [-0.1, -0.05) is 18.3 Å². The van der Waals surface area contributed by atoms with E-state index in [1.54, 1.807) is 12.4 Å². The highest BCUT2D eigenvalue weighted by atomic mass is 32.2. The van der Waals surface area contributed by atoms with E-state index < -0.39 is 17.3 Å². The zero-order valence-electron chi connectivity index (χ0n) is 11.4. The van der Waals surface area contributed by atoms with E-state index in [0.29, 0.717) is 4.91 Å². The zero-order valence-corrected chi connectivity index (χ0v) is 13.0. The number of β-lactam (4-membered cyclic amide) rings is 1. The van der Waals surface area contributed by atoms with Gasteiger partial charge in [0, 0.05) is 28.4 Å². The summed E-state index contributed by atoms with van der Waals surface area (Å²) in [4.78, 5) is 30.1. The van der Waals surface area contributed by atoms with Crippen LogP contribution >= 0.6 is 23.5 Å². The summed E-state index contributed by atoms with van der Waals surface area (Å²) in [5.74, 6) is -1.30. The van der Waals surface area contributed by atoms with Crippen molar-refractivity contribution < 1.29 is 14.7 Å². The Hall–Kier alpha value is -1.77. The largest absolute Gasteiger partial charge is 0.478 e. The van der Waals surface area contributed by atoms with Gasteiger partial charge >= 0.3 is 5.97 Å². The Bertz CT molecular complexity index is 677. The number of thioether (sulfide) groups is 2. The number of pyridine rings is 1. The first-order valence-electron chi connectivity index (χ1n) is 6.44. The standard InChI is InChI=1S/C14H13N3O3S2/c1-7(21-8-2-4-16-5-3-8)11-9(14(19)20)6-17-12(18)10(15)13(17)22-11/h2-6,10-11,13H,1,15H2,(H,19,20)/t10?,11?,13-/m1/s1. The van der Waals surface area contributed by atoms with Crippen molar-refractivity contribution in [2.24, 2.45) is 5.73 Å². The van der Waals surface area contributed by atoms with E-state index in [4.69, 9.17) is 5.73 Å². The minimum Gasteiger partial charge on any atom is -0.478 e. The molecule has 1 saturated heterocycles. The topological polar surface area (TPSA) is 96.5 Å². The van der Waals surface area contributed by atoms with Gasteiger partial charge in [0.15, 0.2) is 0 Å². The molecule has 3 atom stereocenters. The number of hydrogen-bond acceptors (Lipinski definition) is 6. The number of amides is 1. The lowest BCUT2D eigenvalue weighted by Gasteiger charge is -2.47. The zero-order chi connectivity index (χ0) is 15.9. The predicted octanol–water partition coefficient (Wildman–Crippen LogP) is 1.27. The summed E-state index contributed by atoms with van der Waals surface area (Å²) in [6.07, 6.45) is 4.72. The Morgan fingerprint density at radius 2 is 2.14 bits per heavy atom. The second-order valence-electron chi connectivity index (χ2n) is 4.82. The fourth-order valence-electron chi connectivity index (χ4n) is 2.26. The first-order valence-corrected chi connectivity index (χ1v) is 8.20. The lowest BCUT2D eigenvalue weighted by molar-refractivity contribution is -0.140. The molecule has 114 valence electrons. The molecule has 2 aliphatic heterocycles. The summed E-state index contributed by atoms with van der Waals surface area (Å²) < 4.78 is 0. The molecule has 1 amide bonds. The van der Waals surface area contributed by atoms with Crippen LogP contribution in [0.5, 0.6) is 0 Å². The summed E-state index contributed by atoms with van der Waals surface area (Å²) in [7, 11) is 0. The van der Waals surface area contributed by atoms with Crippen molar-refractivity contribution in [3.05, 3.63) is 47.8 Å².